The summed E-state index contributed by atoms with van der Waals surface area (Å²) in [6.45, 7) is 4.76. The van der Waals surface area contributed by atoms with Crippen molar-refractivity contribution < 1.29 is 0 Å². The van der Waals surface area contributed by atoms with Crippen LogP contribution in [-0.4, -0.2) is 54.5 Å². The van der Waals surface area contributed by atoms with E-state index in [1.165, 1.54) is 83.8 Å². The number of guanidine groups is 1. The Hall–Kier alpha value is -0.190. The summed E-state index contributed by atoms with van der Waals surface area (Å²) in [4.78, 5) is 9.73. The molecule has 1 saturated heterocycles. The highest BCUT2D eigenvalue weighted by Gasteiger charge is 2.53. The van der Waals surface area contributed by atoms with Crippen molar-refractivity contribution in [3.8, 4) is 0 Å². The van der Waals surface area contributed by atoms with Crippen molar-refractivity contribution in [2.75, 3.05) is 33.2 Å². The fourth-order valence-electron chi connectivity index (χ4n) is 6.47. The van der Waals surface area contributed by atoms with Crippen molar-refractivity contribution >= 4 is 30.8 Å². The number of hydrogen-bond donors (Lipinski definition) is 1. The Morgan fingerprint density at radius 3 is 2.08 bits per heavy atom. The van der Waals surface area contributed by atoms with Crippen LogP contribution in [0.15, 0.2) is 4.99 Å². The van der Waals surface area contributed by atoms with Gasteiger partial charge < -0.3 is 15.5 Å². The Morgan fingerprint density at radius 2 is 1.54 bits per heavy atom. The lowest BCUT2D eigenvalue weighted by Crippen LogP contribution is -2.61. The zero-order valence-corrected chi connectivity index (χ0v) is 18.0. The minimum atomic E-state index is 0. The van der Waals surface area contributed by atoms with E-state index in [0.29, 0.717) is 5.54 Å². The number of nitrogens with zero attached hydrogens (tertiary/aromatic N) is 3. The molecular weight excluding hydrogens is 367 g/mol. The van der Waals surface area contributed by atoms with E-state index in [0.717, 1.165) is 30.3 Å². The van der Waals surface area contributed by atoms with E-state index in [-0.39, 0.29) is 24.8 Å². The Bertz CT molecular complexity index is 441. The normalized spacial score (nSPS) is 35.9. The van der Waals surface area contributed by atoms with Gasteiger partial charge in [-0.3, -0.25) is 4.99 Å². The molecule has 4 saturated carbocycles. The first-order chi connectivity index (χ1) is 11.6. The number of rotatable bonds is 6. The first kappa shape index (κ1) is 22.1. The topological polar surface area (TPSA) is 44.9 Å². The maximum Gasteiger partial charge on any atom is 0.191 e. The summed E-state index contributed by atoms with van der Waals surface area (Å²) in [5, 5.41) is 0. The van der Waals surface area contributed by atoms with Crippen molar-refractivity contribution in [1.29, 1.82) is 0 Å². The monoisotopic (exact) mass is 404 g/mol. The molecule has 0 aromatic rings. The quantitative estimate of drug-likeness (QED) is 0.414. The lowest BCUT2D eigenvalue weighted by molar-refractivity contribution is -0.0550. The molecule has 6 heteroatoms. The predicted molar refractivity (Wildman–Crippen MR) is 115 cm³/mol. The summed E-state index contributed by atoms with van der Waals surface area (Å²) in [5.74, 6) is 3.70. The van der Waals surface area contributed by atoms with Crippen LogP contribution in [0.2, 0.25) is 0 Å². The van der Waals surface area contributed by atoms with E-state index in [9.17, 15) is 0 Å². The van der Waals surface area contributed by atoms with E-state index in [2.05, 4.69) is 16.8 Å². The standard InChI is InChI=1S/C20H36N4.2ClH/c1-23(19(21)22-6-2-3-7-24-8-4-5-9-24)20-13-16-10-17(14-20)12-18(11-16)15-20;;/h16-18H,2-15H2,1H3,(H2,21,22);2*1H. The highest BCUT2D eigenvalue weighted by atomic mass is 35.5. The van der Waals surface area contributed by atoms with E-state index in [4.69, 9.17) is 10.7 Å². The lowest BCUT2D eigenvalue weighted by Gasteiger charge is -2.60. The molecule has 0 radical (unpaired) electrons. The third kappa shape index (κ3) is 4.62. The second-order valence-corrected chi connectivity index (χ2v) is 9.20. The Balaban J connectivity index is 0.00000121. The van der Waals surface area contributed by atoms with Crippen LogP contribution in [-0.2, 0) is 0 Å². The van der Waals surface area contributed by atoms with Crippen molar-refractivity contribution in [3.05, 3.63) is 0 Å². The Labute approximate surface area is 172 Å². The molecule has 0 amide bonds. The average molecular weight is 405 g/mol. The summed E-state index contributed by atoms with van der Waals surface area (Å²) in [6.07, 6.45) is 13.8. The minimum Gasteiger partial charge on any atom is -0.370 e. The molecule has 0 unspecified atom stereocenters. The third-order valence-corrected chi connectivity index (χ3v) is 7.42. The van der Waals surface area contributed by atoms with Gasteiger partial charge in [-0.2, -0.15) is 0 Å². The Kier molecular flexibility index (Phi) is 7.94. The molecule has 4 aliphatic carbocycles. The van der Waals surface area contributed by atoms with Crippen LogP contribution in [0, 0.1) is 17.8 Å². The highest BCUT2D eigenvalue weighted by Crippen LogP contribution is 2.57. The van der Waals surface area contributed by atoms with Crippen LogP contribution in [0.1, 0.15) is 64.2 Å². The fourth-order valence-corrected chi connectivity index (χ4v) is 6.47. The van der Waals surface area contributed by atoms with Gasteiger partial charge in [0.1, 0.15) is 0 Å². The van der Waals surface area contributed by atoms with Crippen molar-refractivity contribution in [1.82, 2.24) is 9.80 Å². The molecule has 5 aliphatic rings. The van der Waals surface area contributed by atoms with E-state index < -0.39 is 0 Å². The summed E-state index contributed by atoms with van der Waals surface area (Å²) in [5.41, 5.74) is 6.75. The predicted octanol–water partition coefficient (Wildman–Crippen LogP) is 3.92. The van der Waals surface area contributed by atoms with Crippen molar-refractivity contribution in [3.63, 3.8) is 0 Å². The van der Waals surface area contributed by atoms with Crippen LogP contribution in [0.4, 0.5) is 0 Å². The second kappa shape index (κ2) is 9.34. The fraction of sp³-hybridized carbons (Fsp3) is 0.950. The molecule has 5 fully saturated rings. The molecular formula is C20H38Cl2N4. The van der Waals surface area contributed by atoms with Crippen LogP contribution < -0.4 is 5.73 Å². The number of hydrogen-bond acceptors (Lipinski definition) is 2. The van der Waals surface area contributed by atoms with Gasteiger partial charge in [0.2, 0.25) is 0 Å². The summed E-state index contributed by atoms with van der Waals surface area (Å²) < 4.78 is 0. The molecule has 4 bridgehead atoms. The van der Waals surface area contributed by atoms with Gasteiger partial charge in [-0.05, 0) is 102 Å². The summed E-state index contributed by atoms with van der Waals surface area (Å²) >= 11 is 0. The minimum absolute atomic E-state index is 0. The molecule has 0 spiro atoms. The van der Waals surface area contributed by atoms with E-state index in [1.54, 1.807) is 0 Å². The number of halogens is 2. The van der Waals surface area contributed by atoms with Gasteiger partial charge in [0.25, 0.3) is 0 Å². The molecule has 2 N–H and O–H groups in total. The van der Waals surface area contributed by atoms with Gasteiger partial charge in [-0.1, -0.05) is 0 Å². The zero-order valence-electron chi connectivity index (χ0n) is 16.4. The summed E-state index contributed by atoms with van der Waals surface area (Å²) in [6, 6.07) is 0. The van der Waals surface area contributed by atoms with Gasteiger partial charge in [-0.15, -0.1) is 24.8 Å². The van der Waals surface area contributed by atoms with Gasteiger partial charge in [0.15, 0.2) is 5.96 Å². The van der Waals surface area contributed by atoms with Crippen molar-refractivity contribution in [2.45, 2.75) is 69.7 Å². The smallest absolute Gasteiger partial charge is 0.191 e. The highest BCUT2D eigenvalue weighted by molar-refractivity contribution is 5.85. The van der Waals surface area contributed by atoms with Crippen LogP contribution in [0.25, 0.3) is 0 Å². The SMILES string of the molecule is CN(C(N)=NCCCCN1CCCC1)C12CC3CC(CC(C3)C1)C2.Cl.Cl. The van der Waals surface area contributed by atoms with Crippen LogP contribution >= 0.6 is 24.8 Å². The number of aliphatic imine (C=N–C) groups is 1. The molecule has 1 aliphatic heterocycles. The first-order valence-electron chi connectivity index (χ1n) is 10.4. The molecule has 26 heavy (non-hydrogen) atoms. The molecule has 0 aromatic carbocycles. The van der Waals surface area contributed by atoms with E-state index in [1.807, 2.05) is 0 Å². The van der Waals surface area contributed by atoms with Crippen molar-refractivity contribution in [2.24, 2.45) is 28.5 Å². The van der Waals surface area contributed by atoms with E-state index >= 15 is 0 Å². The number of unbranched alkanes of at least 4 members (excludes halogenated alkanes) is 1. The number of likely N-dealkylation sites (tertiary alicyclic amines) is 1. The molecule has 0 aromatic heterocycles. The largest absolute Gasteiger partial charge is 0.370 e. The maximum atomic E-state index is 6.41. The van der Waals surface area contributed by atoms with Gasteiger partial charge in [-0.25, -0.2) is 0 Å². The van der Waals surface area contributed by atoms with Gasteiger partial charge in [0, 0.05) is 19.1 Å². The lowest BCUT2D eigenvalue weighted by atomic mass is 9.52. The molecule has 0 atom stereocenters. The Morgan fingerprint density at radius 1 is 1.00 bits per heavy atom. The molecule has 4 nitrogen and oxygen atoms in total. The van der Waals surface area contributed by atoms with Gasteiger partial charge in [0.05, 0.1) is 0 Å². The van der Waals surface area contributed by atoms with Crippen LogP contribution in [0.5, 0.6) is 0 Å². The van der Waals surface area contributed by atoms with Gasteiger partial charge >= 0.3 is 0 Å². The average Bonchev–Trinajstić information content (AvgIpc) is 3.05. The first-order valence-corrected chi connectivity index (χ1v) is 10.4. The molecule has 5 rings (SSSR count). The number of nitrogens with two attached hydrogens (primary N) is 1. The zero-order chi connectivity index (χ0) is 16.6. The second-order valence-electron chi connectivity index (χ2n) is 9.20. The summed E-state index contributed by atoms with van der Waals surface area (Å²) in [7, 11) is 2.22. The molecule has 1 heterocycles. The van der Waals surface area contributed by atoms with Crippen LogP contribution in [0.3, 0.4) is 0 Å². The maximum absolute atomic E-state index is 6.41. The molecule has 152 valence electrons. The third-order valence-electron chi connectivity index (χ3n) is 7.42.